The number of carbonyl (C=O) groups is 1. The van der Waals surface area contributed by atoms with Crippen LogP contribution in [-0.4, -0.2) is 30.5 Å². The maximum Gasteiger partial charge on any atom is 0.433 e. The number of fused-ring (bicyclic) bond motifs is 1. The van der Waals surface area contributed by atoms with Gasteiger partial charge in [0.15, 0.2) is 15.7 Å². The van der Waals surface area contributed by atoms with Crippen molar-refractivity contribution in [3.05, 3.63) is 82.9 Å². The Balaban J connectivity index is 1.79. The van der Waals surface area contributed by atoms with Crippen LogP contribution < -0.4 is 0 Å². The first kappa shape index (κ1) is 21.9. The van der Waals surface area contributed by atoms with Crippen molar-refractivity contribution in [3.63, 3.8) is 0 Å². The predicted molar refractivity (Wildman–Crippen MR) is 108 cm³/mol. The van der Waals surface area contributed by atoms with Gasteiger partial charge in [0.1, 0.15) is 10.6 Å². The van der Waals surface area contributed by atoms with Gasteiger partial charge in [-0.15, -0.1) is 0 Å². The maximum absolute atomic E-state index is 15.4. The first-order valence-electron chi connectivity index (χ1n) is 9.39. The summed E-state index contributed by atoms with van der Waals surface area (Å²) in [5, 5.41) is 0. The fourth-order valence-electron chi connectivity index (χ4n) is 3.65. The van der Waals surface area contributed by atoms with Crippen molar-refractivity contribution in [2.24, 2.45) is 0 Å². The highest BCUT2D eigenvalue weighted by Crippen LogP contribution is 2.35. The molecule has 0 saturated heterocycles. The van der Waals surface area contributed by atoms with Gasteiger partial charge >= 0.3 is 6.18 Å². The molecule has 1 aliphatic rings. The number of benzene rings is 2. The second kappa shape index (κ2) is 7.70. The highest BCUT2D eigenvalue weighted by Gasteiger charge is 2.36. The lowest BCUT2D eigenvalue weighted by molar-refractivity contribution is -0.141. The Morgan fingerprint density at radius 3 is 2.31 bits per heavy atom. The minimum absolute atomic E-state index is 0.0733. The van der Waals surface area contributed by atoms with E-state index in [1.807, 2.05) is 0 Å². The lowest BCUT2D eigenvalue weighted by Crippen LogP contribution is -2.27. The Kier molecular flexibility index (Phi) is 5.28. The van der Waals surface area contributed by atoms with Gasteiger partial charge in [0.2, 0.25) is 0 Å². The summed E-state index contributed by atoms with van der Waals surface area (Å²) in [6.07, 6.45) is -2.76. The Hall–Kier alpha value is -3.27. The van der Waals surface area contributed by atoms with Gasteiger partial charge in [-0.1, -0.05) is 36.4 Å². The molecule has 0 saturated carbocycles. The fraction of sp³-hybridized carbons (Fsp3) is 0.182. The molecule has 0 atom stereocenters. The average molecular weight is 464 g/mol. The van der Waals surface area contributed by atoms with Gasteiger partial charge in [-0.05, 0) is 34.4 Å². The molecular weight excluding hydrogens is 448 g/mol. The van der Waals surface area contributed by atoms with Crippen molar-refractivity contribution in [1.29, 1.82) is 0 Å². The number of amides is 1. The molecule has 2 aromatic carbocycles. The van der Waals surface area contributed by atoms with Gasteiger partial charge in [0, 0.05) is 25.5 Å². The van der Waals surface area contributed by atoms with Crippen LogP contribution in [0.25, 0.3) is 11.1 Å². The standard InChI is InChI=1S/C22H16F4N2O3S/c1-32(30,31)17-8-7-16(13-5-3-2-4-6-13)19(20(17)23)21(29)28-11-14-9-18(22(24,25)26)27-10-15(14)12-28/h2-10H,11-12H2,1H3. The molecule has 2 heterocycles. The van der Waals surface area contributed by atoms with E-state index in [2.05, 4.69) is 4.98 Å². The number of aromatic nitrogens is 1. The summed E-state index contributed by atoms with van der Waals surface area (Å²) in [5.41, 5.74) is -0.191. The maximum atomic E-state index is 15.4. The molecule has 5 nitrogen and oxygen atoms in total. The van der Waals surface area contributed by atoms with Crippen molar-refractivity contribution in [1.82, 2.24) is 9.88 Å². The Morgan fingerprint density at radius 2 is 1.69 bits per heavy atom. The number of sulfone groups is 1. The summed E-state index contributed by atoms with van der Waals surface area (Å²) in [5.74, 6) is -2.01. The third kappa shape index (κ3) is 3.97. The zero-order valence-corrected chi connectivity index (χ0v) is 17.5. The van der Waals surface area contributed by atoms with Crippen LogP contribution in [0.3, 0.4) is 0 Å². The lowest BCUT2D eigenvalue weighted by atomic mass is 9.98. The van der Waals surface area contributed by atoms with E-state index in [0.29, 0.717) is 11.1 Å². The van der Waals surface area contributed by atoms with Crippen LogP contribution in [0.5, 0.6) is 0 Å². The Bertz CT molecular complexity index is 1320. The summed E-state index contributed by atoms with van der Waals surface area (Å²) in [6, 6.07) is 11.7. The van der Waals surface area contributed by atoms with Crippen molar-refractivity contribution in [2.75, 3.05) is 6.26 Å². The third-order valence-corrected chi connectivity index (χ3v) is 6.30. The van der Waals surface area contributed by atoms with Crippen LogP contribution in [-0.2, 0) is 29.1 Å². The van der Waals surface area contributed by atoms with Crippen LogP contribution in [0.15, 0.2) is 59.6 Å². The molecule has 0 spiro atoms. The molecule has 32 heavy (non-hydrogen) atoms. The van der Waals surface area contributed by atoms with Crippen LogP contribution in [0.2, 0.25) is 0 Å². The summed E-state index contributed by atoms with van der Waals surface area (Å²) in [4.78, 5) is 17.3. The van der Waals surface area contributed by atoms with Gasteiger partial charge in [0.25, 0.3) is 5.91 Å². The monoisotopic (exact) mass is 464 g/mol. The van der Waals surface area contributed by atoms with Crippen molar-refractivity contribution in [3.8, 4) is 11.1 Å². The smallest absolute Gasteiger partial charge is 0.330 e. The number of hydrogen-bond acceptors (Lipinski definition) is 4. The SMILES string of the molecule is CS(=O)(=O)c1ccc(-c2ccccc2)c(C(=O)N2Cc3cnc(C(F)(F)F)cc3C2)c1F. The van der Waals surface area contributed by atoms with Gasteiger partial charge in [-0.3, -0.25) is 9.78 Å². The van der Waals surface area contributed by atoms with Crippen LogP contribution in [0, 0.1) is 5.82 Å². The topological polar surface area (TPSA) is 67.3 Å². The molecule has 1 amide bonds. The quantitative estimate of drug-likeness (QED) is 0.537. The van der Waals surface area contributed by atoms with Crippen LogP contribution >= 0.6 is 0 Å². The molecule has 3 aromatic rings. The van der Waals surface area contributed by atoms with E-state index < -0.39 is 43.9 Å². The predicted octanol–water partition coefficient (Wildman–Crippen LogP) is 4.47. The highest BCUT2D eigenvalue weighted by atomic mass is 32.2. The molecule has 4 rings (SSSR count). The molecule has 0 aliphatic carbocycles. The number of carbonyl (C=O) groups excluding carboxylic acids is 1. The Labute approximate surface area is 181 Å². The molecule has 0 unspecified atom stereocenters. The minimum atomic E-state index is -4.64. The lowest BCUT2D eigenvalue weighted by Gasteiger charge is -2.19. The Morgan fingerprint density at radius 1 is 1.03 bits per heavy atom. The van der Waals surface area contributed by atoms with Crippen molar-refractivity contribution < 1.29 is 30.8 Å². The normalized spacial score (nSPS) is 13.8. The van der Waals surface area contributed by atoms with E-state index in [1.54, 1.807) is 30.3 Å². The minimum Gasteiger partial charge on any atom is -0.330 e. The second-order valence-corrected chi connectivity index (χ2v) is 9.42. The first-order valence-corrected chi connectivity index (χ1v) is 11.3. The van der Waals surface area contributed by atoms with Gasteiger partial charge in [0.05, 0.1) is 5.56 Å². The molecule has 10 heteroatoms. The van der Waals surface area contributed by atoms with Crippen LogP contribution in [0.1, 0.15) is 27.2 Å². The third-order valence-electron chi connectivity index (χ3n) is 5.19. The molecule has 0 bridgehead atoms. The first-order chi connectivity index (χ1) is 15.0. The summed E-state index contributed by atoms with van der Waals surface area (Å²) < 4.78 is 78.4. The fourth-order valence-corrected chi connectivity index (χ4v) is 4.39. The summed E-state index contributed by atoms with van der Waals surface area (Å²) in [6.45, 7) is -0.257. The summed E-state index contributed by atoms with van der Waals surface area (Å²) >= 11 is 0. The zero-order chi connectivity index (χ0) is 23.3. The number of pyridine rings is 1. The summed E-state index contributed by atoms with van der Waals surface area (Å²) in [7, 11) is -3.97. The van der Waals surface area contributed by atoms with E-state index in [9.17, 15) is 26.4 Å². The van der Waals surface area contributed by atoms with Gasteiger partial charge < -0.3 is 4.90 Å². The highest BCUT2D eigenvalue weighted by molar-refractivity contribution is 7.90. The van der Waals surface area contributed by atoms with E-state index in [-0.39, 0.29) is 24.2 Å². The van der Waals surface area contributed by atoms with Gasteiger partial charge in [-0.2, -0.15) is 13.2 Å². The zero-order valence-electron chi connectivity index (χ0n) is 16.6. The molecule has 166 valence electrons. The molecule has 0 radical (unpaired) electrons. The molecular formula is C22H16F4N2O3S. The second-order valence-electron chi connectivity index (χ2n) is 7.44. The molecule has 1 aromatic heterocycles. The van der Waals surface area contributed by atoms with Crippen molar-refractivity contribution >= 4 is 15.7 Å². The number of hydrogen-bond donors (Lipinski definition) is 0. The van der Waals surface area contributed by atoms with E-state index in [4.69, 9.17) is 0 Å². The van der Waals surface area contributed by atoms with E-state index in [1.165, 1.54) is 11.0 Å². The number of rotatable bonds is 3. The number of nitrogens with zero attached hydrogens (tertiary/aromatic N) is 2. The van der Waals surface area contributed by atoms with Crippen LogP contribution in [0.4, 0.5) is 17.6 Å². The average Bonchev–Trinajstić information content (AvgIpc) is 3.15. The molecule has 0 fully saturated rings. The van der Waals surface area contributed by atoms with E-state index >= 15 is 4.39 Å². The van der Waals surface area contributed by atoms with Gasteiger partial charge in [-0.25, -0.2) is 12.8 Å². The number of halogens is 4. The molecule has 1 aliphatic heterocycles. The molecule has 0 N–H and O–H groups in total. The van der Waals surface area contributed by atoms with Crippen molar-refractivity contribution in [2.45, 2.75) is 24.2 Å². The largest absolute Gasteiger partial charge is 0.433 e. The number of alkyl halides is 3. The van der Waals surface area contributed by atoms with E-state index in [0.717, 1.165) is 24.6 Å².